The number of halogens is 1. The van der Waals surface area contributed by atoms with E-state index >= 15 is 0 Å². The van der Waals surface area contributed by atoms with E-state index in [0.717, 1.165) is 21.6 Å². The van der Waals surface area contributed by atoms with Gasteiger partial charge in [0.05, 0.1) is 35.2 Å². The second kappa shape index (κ2) is 5.97. The largest absolute Gasteiger partial charge is 0.464 e. The van der Waals surface area contributed by atoms with Crippen LogP contribution in [0, 0.1) is 6.92 Å². The van der Waals surface area contributed by atoms with E-state index in [4.69, 9.17) is 4.74 Å². The zero-order valence-corrected chi connectivity index (χ0v) is 14.3. The molecule has 0 N–H and O–H groups in total. The molecular formula is C13H18BrN5O2. The third kappa shape index (κ3) is 2.85. The maximum atomic E-state index is 11.8. The molecule has 0 saturated heterocycles. The maximum Gasteiger partial charge on any atom is 0.360 e. The van der Waals surface area contributed by atoms with Crippen molar-refractivity contribution >= 4 is 21.9 Å². The highest BCUT2D eigenvalue weighted by atomic mass is 79.9. The topological polar surface area (TPSA) is 74.8 Å². The third-order valence-corrected chi connectivity index (χ3v) is 4.29. The van der Waals surface area contributed by atoms with E-state index in [2.05, 4.69) is 31.3 Å². The third-order valence-electron chi connectivity index (χ3n) is 3.26. The minimum atomic E-state index is -0.467. The van der Waals surface area contributed by atoms with Gasteiger partial charge in [-0.2, -0.15) is 5.10 Å². The quantitative estimate of drug-likeness (QED) is 0.784. The molecule has 0 atom stereocenters. The van der Waals surface area contributed by atoms with E-state index in [0.29, 0.717) is 6.54 Å². The Morgan fingerprint density at radius 3 is 2.57 bits per heavy atom. The van der Waals surface area contributed by atoms with E-state index in [9.17, 15) is 4.79 Å². The number of hydrogen-bond donors (Lipinski definition) is 0. The van der Waals surface area contributed by atoms with Gasteiger partial charge in [0.2, 0.25) is 0 Å². The number of ether oxygens (including phenoxy) is 1. The maximum absolute atomic E-state index is 11.8. The first kappa shape index (κ1) is 15.7. The summed E-state index contributed by atoms with van der Waals surface area (Å²) in [5, 5.41) is 12.4. The number of methoxy groups -OCH3 is 1. The van der Waals surface area contributed by atoms with Gasteiger partial charge in [0, 0.05) is 7.05 Å². The number of aryl methyl sites for hydroxylation is 2. The molecular weight excluding hydrogens is 338 g/mol. The van der Waals surface area contributed by atoms with Crippen LogP contribution in [0.4, 0.5) is 0 Å². The Morgan fingerprint density at radius 1 is 1.43 bits per heavy atom. The van der Waals surface area contributed by atoms with Gasteiger partial charge in [-0.05, 0) is 28.8 Å². The number of hydrogen-bond acceptors (Lipinski definition) is 5. The Balaban J connectivity index is 2.45. The molecule has 0 aromatic carbocycles. The number of aromatic nitrogens is 5. The molecule has 0 aliphatic rings. The van der Waals surface area contributed by atoms with E-state index < -0.39 is 5.97 Å². The summed E-state index contributed by atoms with van der Waals surface area (Å²) in [6.45, 7) is 6.39. The Labute approximate surface area is 131 Å². The summed E-state index contributed by atoms with van der Waals surface area (Å²) in [5.41, 5.74) is 2.90. The van der Waals surface area contributed by atoms with Crippen LogP contribution in [0.2, 0.25) is 0 Å². The lowest BCUT2D eigenvalue weighted by molar-refractivity contribution is 0.0592. The first-order chi connectivity index (χ1) is 9.86. The molecule has 0 aliphatic heterocycles. The van der Waals surface area contributed by atoms with Crippen LogP contribution < -0.4 is 0 Å². The van der Waals surface area contributed by atoms with Gasteiger partial charge >= 0.3 is 5.97 Å². The molecule has 21 heavy (non-hydrogen) atoms. The minimum absolute atomic E-state index is 0.0993. The van der Waals surface area contributed by atoms with E-state index in [-0.39, 0.29) is 11.6 Å². The van der Waals surface area contributed by atoms with Crippen LogP contribution in [-0.4, -0.2) is 37.9 Å². The highest BCUT2D eigenvalue weighted by molar-refractivity contribution is 9.10. The predicted octanol–water partition coefficient (Wildman–Crippen LogP) is 2.04. The average Bonchev–Trinajstić information content (AvgIpc) is 2.95. The molecule has 0 fully saturated rings. The van der Waals surface area contributed by atoms with Gasteiger partial charge in [-0.25, -0.2) is 9.48 Å². The molecule has 0 bridgehead atoms. The zero-order valence-electron chi connectivity index (χ0n) is 12.7. The SMILES string of the molecule is COC(=O)c1nnn(Cc2c(Br)c(C)nn2C)c1C(C)C. The van der Waals surface area contributed by atoms with Crippen molar-refractivity contribution in [2.75, 3.05) is 7.11 Å². The van der Waals surface area contributed by atoms with E-state index in [1.807, 2.05) is 27.8 Å². The van der Waals surface area contributed by atoms with Crippen molar-refractivity contribution in [3.05, 3.63) is 27.2 Å². The highest BCUT2D eigenvalue weighted by Crippen LogP contribution is 2.24. The van der Waals surface area contributed by atoms with Gasteiger partial charge in [0.1, 0.15) is 0 Å². The first-order valence-electron chi connectivity index (χ1n) is 6.56. The van der Waals surface area contributed by atoms with Crippen LogP contribution in [0.1, 0.15) is 47.3 Å². The molecule has 8 heteroatoms. The van der Waals surface area contributed by atoms with Gasteiger partial charge in [0.25, 0.3) is 0 Å². The average molecular weight is 356 g/mol. The van der Waals surface area contributed by atoms with Crippen LogP contribution in [0.5, 0.6) is 0 Å². The minimum Gasteiger partial charge on any atom is -0.464 e. The van der Waals surface area contributed by atoms with Crippen LogP contribution >= 0.6 is 15.9 Å². The first-order valence-corrected chi connectivity index (χ1v) is 7.35. The molecule has 2 aromatic heterocycles. The standard InChI is InChI=1S/C13H18BrN5O2/c1-7(2)12-11(13(20)21-5)15-17-19(12)6-9-10(14)8(3)16-18(9)4/h7H,6H2,1-5H3. The normalized spacial score (nSPS) is 11.2. The van der Waals surface area contributed by atoms with Crippen molar-refractivity contribution < 1.29 is 9.53 Å². The van der Waals surface area contributed by atoms with Crippen LogP contribution in [0.15, 0.2) is 4.47 Å². The fourth-order valence-electron chi connectivity index (χ4n) is 2.24. The van der Waals surface area contributed by atoms with Gasteiger partial charge in [-0.3, -0.25) is 4.68 Å². The molecule has 114 valence electrons. The highest BCUT2D eigenvalue weighted by Gasteiger charge is 2.24. The summed E-state index contributed by atoms with van der Waals surface area (Å²) in [4.78, 5) is 11.8. The summed E-state index contributed by atoms with van der Waals surface area (Å²) in [7, 11) is 3.22. The van der Waals surface area contributed by atoms with E-state index in [1.165, 1.54) is 7.11 Å². The second-order valence-electron chi connectivity index (χ2n) is 5.10. The zero-order chi connectivity index (χ0) is 15.7. The Bertz CT molecular complexity index is 674. The molecule has 2 aromatic rings. The number of carbonyl (C=O) groups is 1. The summed E-state index contributed by atoms with van der Waals surface area (Å²) < 4.78 is 9.22. The molecule has 0 aliphatic carbocycles. The van der Waals surface area contributed by atoms with Crippen molar-refractivity contribution in [2.24, 2.45) is 7.05 Å². The smallest absolute Gasteiger partial charge is 0.360 e. The fraction of sp³-hybridized carbons (Fsp3) is 0.538. The van der Waals surface area contributed by atoms with Gasteiger partial charge < -0.3 is 4.74 Å². The lowest BCUT2D eigenvalue weighted by atomic mass is 10.1. The molecule has 2 heterocycles. The molecule has 0 saturated carbocycles. The lowest BCUT2D eigenvalue weighted by Crippen LogP contribution is -2.14. The van der Waals surface area contributed by atoms with E-state index in [1.54, 1.807) is 9.36 Å². The van der Waals surface area contributed by atoms with Gasteiger partial charge in [-0.15, -0.1) is 5.10 Å². The molecule has 0 amide bonds. The molecule has 0 spiro atoms. The summed E-state index contributed by atoms with van der Waals surface area (Å²) in [6.07, 6.45) is 0. The van der Waals surface area contributed by atoms with Crippen molar-refractivity contribution in [2.45, 2.75) is 33.2 Å². The number of carbonyl (C=O) groups excluding carboxylic acids is 1. The van der Waals surface area contributed by atoms with Crippen LogP contribution in [-0.2, 0) is 18.3 Å². The summed E-state index contributed by atoms with van der Waals surface area (Å²) in [5.74, 6) is -0.368. The summed E-state index contributed by atoms with van der Waals surface area (Å²) in [6, 6.07) is 0. The van der Waals surface area contributed by atoms with Gasteiger partial charge in [-0.1, -0.05) is 19.1 Å². The summed E-state index contributed by atoms with van der Waals surface area (Å²) >= 11 is 3.53. The van der Waals surface area contributed by atoms with Crippen LogP contribution in [0.25, 0.3) is 0 Å². The molecule has 7 nitrogen and oxygen atoms in total. The van der Waals surface area contributed by atoms with Crippen molar-refractivity contribution in [1.29, 1.82) is 0 Å². The Morgan fingerprint density at radius 2 is 2.10 bits per heavy atom. The molecule has 2 rings (SSSR count). The Hall–Kier alpha value is -1.70. The molecule has 0 unspecified atom stereocenters. The van der Waals surface area contributed by atoms with Crippen molar-refractivity contribution in [1.82, 2.24) is 24.8 Å². The number of rotatable bonds is 4. The second-order valence-corrected chi connectivity index (χ2v) is 5.89. The Kier molecular flexibility index (Phi) is 4.46. The predicted molar refractivity (Wildman–Crippen MR) is 80.2 cm³/mol. The fourth-order valence-corrected chi connectivity index (χ4v) is 2.71. The van der Waals surface area contributed by atoms with Gasteiger partial charge in [0.15, 0.2) is 5.69 Å². The number of nitrogens with zero attached hydrogens (tertiary/aromatic N) is 5. The van der Waals surface area contributed by atoms with Crippen molar-refractivity contribution in [3.8, 4) is 0 Å². The lowest BCUT2D eigenvalue weighted by Gasteiger charge is -2.11. The van der Waals surface area contributed by atoms with Crippen molar-refractivity contribution in [3.63, 3.8) is 0 Å². The number of esters is 1. The van der Waals surface area contributed by atoms with Crippen LogP contribution in [0.3, 0.4) is 0 Å². The monoisotopic (exact) mass is 355 g/mol. The molecule has 0 radical (unpaired) electrons.